The van der Waals surface area contributed by atoms with Crippen molar-refractivity contribution in [3.63, 3.8) is 0 Å². The molecule has 1 unspecified atom stereocenters. The molecule has 216 valence electrons. The molecule has 0 amide bonds. The van der Waals surface area contributed by atoms with Crippen molar-refractivity contribution in [2.45, 2.75) is 83.7 Å². The van der Waals surface area contributed by atoms with Crippen molar-refractivity contribution in [2.24, 2.45) is 0 Å². The first-order valence-electron chi connectivity index (χ1n) is 14.6. The Hall–Kier alpha value is -2.81. The van der Waals surface area contributed by atoms with Crippen LogP contribution in [0.3, 0.4) is 0 Å². The molecule has 3 heterocycles. The van der Waals surface area contributed by atoms with Crippen LogP contribution in [-0.4, -0.2) is 62.3 Å². The molecule has 1 atom stereocenters. The summed E-state index contributed by atoms with van der Waals surface area (Å²) in [6.45, 7) is 15.7. The minimum atomic E-state index is -1.89. The normalized spacial score (nSPS) is 15.6. The highest BCUT2D eigenvalue weighted by Crippen LogP contribution is 2.38. The molecular formula is C32H46N4O3Si. The van der Waals surface area contributed by atoms with Gasteiger partial charge in [0.05, 0.1) is 11.8 Å². The average molecular weight is 563 g/mol. The van der Waals surface area contributed by atoms with E-state index in [-0.39, 0.29) is 11.1 Å². The SMILES string of the molecule is CCCC(COc1cccc(-c2nc(-c3ccncc3)cc(N(C)C3CCOCC3)n2)c1)O[Si](C)(C)C(C)(C)C. The van der Waals surface area contributed by atoms with Crippen LogP contribution in [0.15, 0.2) is 54.9 Å². The molecule has 1 fully saturated rings. The second kappa shape index (κ2) is 13.2. The molecule has 1 aliphatic heterocycles. The van der Waals surface area contributed by atoms with E-state index < -0.39 is 8.32 Å². The Morgan fingerprint density at radius 2 is 1.75 bits per heavy atom. The van der Waals surface area contributed by atoms with Gasteiger partial charge in [-0.25, -0.2) is 9.97 Å². The lowest BCUT2D eigenvalue weighted by molar-refractivity contribution is 0.0853. The fraction of sp³-hybridized carbons (Fsp3) is 0.531. The van der Waals surface area contributed by atoms with Crippen LogP contribution in [0.4, 0.5) is 5.82 Å². The topological polar surface area (TPSA) is 69.6 Å². The molecule has 0 aliphatic carbocycles. The number of rotatable bonds is 11. The van der Waals surface area contributed by atoms with Crippen LogP contribution >= 0.6 is 0 Å². The zero-order valence-corrected chi connectivity index (χ0v) is 26.3. The highest BCUT2D eigenvalue weighted by Gasteiger charge is 2.39. The molecule has 0 radical (unpaired) electrons. The Labute approximate surface area is 241 Å². The average Bonchev–Trinajstić information content (AvgIpc) is 2.96. The van der Waals surface area contributed by atoms with Crippen molar-refractivity contribution >= 4 is 14.1 Å². The molecule has 1 aliphatic rings. The smallest absolute Gasteiger partial charge is 0.192 e. The number of hydrogen-bond donors (Lipinski definition) is 0. The minimum absolute atomic E-state index is 0.0699. The van der Waals surface area contributed by atoms with E-state index in [1.54, 1.807) is 12.4 Å². The van der Waals surface area contributed by atoms with Crippen molar-refractivity contribution in [1.29, 1.82) is 0 Å². The minimum Gasteiger partial charge on any atom is -0.491 e. The molecule has 1 saturated heterocycles. The summed E-state index contributed by atoms with van der Waals surface area (Å²) >= 11 is 0. The highest BCUT2D eigenvalue weighted by molar-refractivity contribution is 6.74. The summed E-state index contributed by atoms with van der Waals surface area (Å²) in [6.07, 6.45) is 7.67. The second-order valence-corrected chi connectivity index (χ2v) is 17.0. The molecule has 0 saturated carbocycles. The van der Waals surface area contributed by atoms with Gasteiger partial charge in [-0.1, -0.05) is 46.2 Å². The number of anilines is 1. The Bertz CT molecular complexity index is 1230. The molecule has 3 aromatic rings. The number of hydrogen-bond acceptors (Lipinski definition) is 7. The third kappa shape index (κ3) is 7.68. The van der Waals surface area contributed by atoms with Gasteiger partial charge in [-0.15, -0.1) is 0 Å². The van der Waals surface area contributed by atoms with E-state index in [4.69, 9.17) is 23.9 Å². The van der Waals surface area contributed by atoms with Gasteiger partial charge >= 0.3 is 0 Å². The summed E-state index contributed by atoms with van der Waals surface area (Å²) in [5, 5.41) is 0.158. The second-order valence-electron chi connectivity index (χ2n) is 12.3. The van der Waals surface area contributed by atoms with Gasteiger partial charge < -0.3 is 18.8 Å². The molecule has 0 bridgehead atoms. The van der Waals surface area contributed by atoms with Gasteiger partial charge in [0.1, 0.15) is 18.2 Å². The number of aromatic nitrogens is 3. The van der Waals surface area contributed by atoms with E-state index in [1.165, 1.54) is 0 Å². The van der Waals surface area contributed by atoms with Gasteiger partial charge in [-0.2, -0.15) is 0 Å². The fourth-order valence-corrected chi connectivity index (χ4v) is 6.05. The third-order valence-electron chi connectivity index (χ3n) is 8.19. The molecule has 7 nitrogen and oxygen atoms in total. The first kappa shape index (κ1) is 30.2. The van der Waals surface area contributed by atoms with Crippen LogP contribution in [0.1, 0.15) is 53.4 Å². The van der Waals surface area contributed by atoms with E-state index >= 15 is 0 Å². The molecule has 0 N–H and O–H groups in total. The predicted molar refractivity (Wildman–Crippen MR) is 165 cm³/mol. The van der Waals surface area contributed by atoms with E-state index in [1.807, 2.05) is 36.4 Å². The summed E-state index contributed by atoms with van der Waals surface area (Å²) in [4.78, 5) is 16.5. The monoisotopic (exact) mass is 562 g/mol. The maximum atomic E-state index is 6.71. The lowest BCUT2D eigenvalue weighted by atomic mass is 10.1. The number of nitrogens with zero attached hydrogens (tertiary/aromatic N) is 4. The van der Waals surface area contributed by atoms with Crippen LogP contribution < -0.4 is 9.64 Å². The highest BCUT2D eigenvalue weighted by atomic mass is 28.4. The quantitative estimate of drug-likeness (QED) is 0.226. The third-order valence-corrected chi connectivity index (χ3v) is 12.7. The fourth-order valence-electron chi connectivity index (χ4n) is 4.68. The summed E-state index contributed by atoms with van der Waals surface area (Å²) < 4.78 is 18.6. The number of pyridine rings is 1. The molecule has 2 aromatic heterocycles. The molecule has 8 heteroatoms. The maximum absolute atomic E-state index is 6.71. The van der Waals surface area contributed by atoms with Gasteiger partial charge in [-0.05, 0) is 61.7 Å². The Kier molecular flexibility index (Phi) is 9.98. The molecule has 40 heavy (non-hydrogen) atoms. The standard InChI is InChI=1S/C32H46N4O3Si/c1-8-10-28(39-40(6,7)32(2,3)4)23-38-27-12-9-11-25(21-27)31-34-29(24-13-17-33-18-14-24)22-30(35-31)36(5)26-15-19-37-20-16-26/h9,11-14,17-18,21-22,26,28H,8,10,15-16,19-20,23H2,1-7H3. The van der Waals surface area contributed by atoms with Crippen LogP contribution in [0.5, 0.6) is 5.75 Å². The molecular weight excluding hydrogens is 516 g/mol. The number of ether oxygens (including phenoxy) is 2. The summed E-state index contributed by atoms with van der Waals surface area (Å²) in [5.74, 6) is 2.38. The van der Waals surface area contributed by atoms with Crippen LogP contribution in [0.2, 0.25) is 18.1 Å². The summed E-state index contributed by atoms with van der Waals surface area (Å²) in [6, 6.07) is 14.5. The predicted octanol–water partition coefficient (Wildman–Crippen LogP) is 7.39. The van der Waals surface area contributed by atoms with Gasteiger partial charge in [0.15, 0.2) is 14.1 Å². The van der Waals surface area contributed by atoms with E-state index in [9.17, 15) is 0 Å². The van der Waals surface area contributed by atoms with E-state index in [0.29, 0.717) is 18.5 Å². The first-order chi connectivity index (χ1) is 19.1. The zero-order valence-electron chi connectivity index (χ0n) is 25.3. The van der Waals surface area contributed by atoms with Crippen molar-refractivity contribution in [3.8, 4) is 28.4 Å². The molecule has 1 aromatic carbocycles. The lowest BCUT2D eigenvalue weighted by Crippen LogP contribution is -2.45. The Balaban J connectivity index is 1.60. The Morgan fingerprint density at radius 3 is 2.42 bits per heavy atom. The van der Waals surface area contributed by atoms with Crippen molar-refractivity contribution in [2.75, 3.05) is 31.8 Å². The van der Waals surface area contributed by atoms with E-state index in [0.717, 1.165) is 67.3 Å². The van der Waals surface area contributed by atoms with Crippen molar-refractivity contribution in [1.82, 2.24) is 15.0 Å². The first-order valence-corrected chi connectivity index (χ1v) is 17.5. The number of benzene rings is 1. The molecule has 0 spiro atoms. The zero-order chi connectivity index (χ0) is 28.8. The van der Waals surface area contributed by atoms with Crippen LogP contribution in [0, 0.1) is 0 Å². The largest absolute Gasteiger partial charge is 0.491 e. The van der Waals surface area contributed by atoms with Gasteiger partial charge in [0.2, 0.25) is 0 Å². The van der Waals surface area contributed by atoms with Crippen LogP contribution in [0.25, 0.3) is 22.6 Å². The summed E-state index contributed by atoms with van der Waals surface area (Å²) in [5.41, 5.74) is 2.81. The maximum Gasteiger partial charge on any atom is 0.192 e. The van der Waals surface area contributed by atoms with Gasteiger partial charge in [0, 0.05) is 55.9 Å². The van der Waals surface area contributed by atoms with Crippen LogP contribution in [-0.2, 0) is 9.16 Å². The van der Waals surface area contributed by atoms with Gasteiger partial charge in [-0.3, -0.25) is 4.98 Å². The summed E-state index contributed by atoms with van der Waals surface area (Å²) in [7, 11) is 0.225. The van der Waals surface area contributed by atoms with Crippen molar-refractivity contribution in [3.05, 3.63) is 54.9 Å². The van der Waals surface area contributed by atoms with Crippen molar-refractivity contribution < 1.29 is 13.9 Å². The van der Waals surface area contributed by atoms with Gasteiger partial charge in [0.25, 0.3) is 0 Å². The molecule has 4 rings (SSSR count). The van der Waals surface area contributed by atoms with E-state index in [2.05, 4.69) is 63.8 Å². The Morgan fingerprint density at radius 1 is 1.02 bits per heavy atom. The lowest BCUT2D eigenvalue weighted by Gasteiger charge is -2.39.